The SMILES string of the molecule is CC1CCC(NS(=O)(=O)C2CCS(=O)(=O)CC2)C1. The molecule has 0 radical (unpaired) electrons. The van der Waals surface area contributed by atoms with Crippen molar-refractivity contribution in [3.63, 3.8) is 0 Å². The van der Waals surface area contributed by atoms with Gasteiger partial charge in [0.2, 0.25) is 10.0 Å². The van der Waals surface area contributed by atoms with Crippen molar-refractivity contribution in [1.82, 2.24) is 4.72 Å². The molecule has 0 amide bonds. The summed E-state index contributed by atoms with van der Waals surface area (Å²) in [5.41, 5.74) is 0. The summed E-state index contributed by atoms with van der Waals surface area (Å²) in [7, 11) is -6.36. The Hall–Kier alpha value is -0.140. The molecule has 1 heterocycles. The first-order chi connectivity index (χ1) is 8.28. The van der Waals surface area contributed by atoms with Crippen LogP contribution < -0.4 is 4.72 Å². The second-order valence-electron chi connectivity index (χ2n) is 5.63. The Kier molecular flexibility index (Phi) is 4.04. The molecule has 2 atom stereocenters. The highest BCUT2D eigenvalue weighted by Gasteiger charge is 2.35. The number of nitrogens with one attached hydrogen (secondary N) is 1. The summed E-state index contributed by atoms with van der Waals surface area (Å²) < 4.78 is 49.7. The van der Waals surface area contributed by atoms with E-state index in [0.29, 0.717) is 5.92 Å². The molecule has 0 aromatic carbocycles. The molecule has 0 aromatic rings. The van der Waals surface area contributed by atoms with E-state index in [9.17, 15) is 16.8 Å². The van der Waals surface area contributed by atoms with Crippen molar-refractivity contribution in [3.05, 3.63) is 0 Å². The van der Waals surface area contributed by atoms with Crippen LogP contribution in [0, 0.1) is 5.92 Å². The predicted molar refractivity (Wildman–Crippen MR) is 70.5 cm³/mol. The molecule has 1 saturated carbocycles. The van der Waals surface area contributed by atoms with Crippen LogP contribution in [-0.4, -0.2) is 39.6 Å². The number of sulfone groups is 1. The number of sulfonamides is 1. The van der Waals surface area contributed by atoms with E-state index in [0.717, 1.165) is 19.3 Å². The molecule has 7 heteroatoms. The molecule has 0 aromatic heterocycles. The van der Waals surface area contributed by atoms with Crippen LogP contribution >= 0.6 is 0 Å². The van der Waals surface area contributed by atoms with Crippen molar-refractivity contribution in [2.45, 2.75) is 50.3 Å². The van der Waals surface area contributed by atoms with E-state index in [1.54, 1.807) is 0 Å². The fourth-order valence-electron chi connectivity index (χ4n) is 2.82. The van der Waals surface area contributed by atoms with Crippen LogP contribution in [0.15, 0.2) is 0 Å². The summed E-state index contributed by atoms with van der Waals surface area (Å²) >= 11 is 0. The van der Waals surface area contributed by atoms with Crippen LogP contribution in [0.25, 0.3) is 0 Å². The lowest BCUT2D eigenvalue weighted by molar-refractivity contribution is 0.516. The minimum Gasteiger partial charge on any atom is -0.229 e. The maximum Gasteiger partial charge on any atom is 0.214 e. The maximum absolute atomic E-state index is 12.2. The van der Waals surface area contributed by atoms with Crippen molar-refractivity contribution >= 4 is 19.9 Å². The molecular formula is C11H21NO4S2. The quantitative estimate of drug-likeness (QED) is 0.830. The topological polar surface area (TPSA) is 80.3 Å². The fraction of sp³-hybridized carbons (Fsp3) is 1.00. The van der Waals surface area contributed by atoms with Crippen molar-refractivity contribution in [2.24, 2.45) is 5.92 Å². The average Bonchev–Trinajstić information content (AvgIpc) is 2.62. The average molecular weight is 295 g/mol. The van der Waals surface area contributed by atoms with Gasteiger partial charge >= 0.3 is 0 Å². The smallest absolute Gasteiger partial charge is 0.214 e. The molecule has 0 spiro atoms. The Balaban J connectivity index is 1.95. The van der Waals surface area contributed by atoms with Crippen LogP contribution in [0.3, 0.4) is 0 Å². The van der Waals surface area contributed by atoms with Gasteiger partial charge in [0.05, 0.1) is 16.8 Å². The van der Waals surface area contributed by atoms with E-state index in [1.807, 2.05) is 0 Å². The minimum atomic E-state index is -3.35. The molecule has 1 N–H and O–H groups in total. The van der Waals surface area contributed by atoms with Crippen LogP contribution in [-0.2, 0) is 19.9 Å². The molecule has 2 rings (SSSR count). The van der Waals surface area contributed by atoms with Crippen molar-refractivity contribution in [2.75, 3.05) is 11.5 Å². The first-order valence-electron chi connectivity index (χ1n) is 6.50. The lowest BCUT2D eigenvalue weighted by Crippen LogP contribution is -2.43. The number of hydrogen-bond acceptors (Lipinski definition) is 4. The van der Waals surface area contributed by atoms with Crippen molar-refractivity contribution < 1.29 is 16.8 Å². The van der Waals surface area contributed by atoms with Crippen LogP contribution in [0.5, 0.6) is 0 Å². The van der Waals surface area contributed by atoms with Crippen molar-refractivity contribution in [1.29, 1.82) is 0 Å². The summed E-state index contributed by atoms with van der Waals surface area (Å²) in [6, 6.07) is 0.0449. The number of hydrogen-bond donors (Lipinski definition) is 1. The van der Waals surface area contributed by atoms with Crippen LogP contribution in [0.1, 0.15) is 39.0 Å². The number of rotatable bonds is 3. The van der Waals surface area contributed by atoms with E-state index in [4.69, 9.17) is 0 Å². The third kappa shape index (κ3) is 3.45. The second kappa shape index (κ2) is 5.09. The first-order valence-corrected chi connectivity index (χ1v) is 9.87. The van der Waals surface area contributed by atoms with Gasteiger partial charge in [0.1, 0.15) is 9.84 Å². The summed E-state index contributed by atoms with van der Waals surface area (Å²) in [4.78, 5) is 0. The van der Waals surface area contributed by atoms with Gasteiger partial charge in [0, 0.05) is 6.04 Å². The maximum atomic E-state index is 12.2. The predicted octanol–water partition coefficient (Wildman–Crippen LogP) is 0.672. The van der Waals surface area contributed by atoms with Gasteiger partial charge in [0.25, 0.3) is 0 Å². The standard InChI is InChI=1S/C11H21NO4S2/c1-9-2-3-10(8-9)12-18(15,16)11-4-6-17(13,14)7-5-11/h9-12H,2-8H2,1H3. The molecule has 18 heavy (non-hydrogen) atoms. The highest BCUT2D eigenvalue weighted by Crippen LogP contribution is 2.27. The Morgan fingerprint density at radius 2 is 1.67 bits per heavy atom. The lowest BCUT2D eigenvalue weighted by Gasteiger charge is -2.24. The van der Waals surface area contributed by atoms with Crippen LogP contribution in [0.4, 0.5) is 0 Å². The van der Waals surface area contributed by atoms with E-state index >= 15 is 0 Å². The monoisotopic (exact) mass is 295 g/mol. The highest BCUT2D eigenvalue weighted by atomic mass is 32.2. The fourth-order valence-corrected chi connectivity index (χ4v) is 6.34. The first kappa shape index (κ1) is 14.3. The second-order valence-corrected chi connectivity index (χ2v) is 9.93. The van der Waals surface area contributed by atoms with Gasteiger partial charge in [-0.15, -0.1) is 0 Å². The zero-order valence-corrected chi connectivity index (χ0v) is 12.3. The summed E-state index contributed by atoms with van der Waals surface area (Å²) in [6.45, 7) is 2.13. The summed E-state index contributed by atoms with van der Waals surface area (Å²) in [5, 5.41) is -0.531. The van der Waals surface area contributed by atoms with Gasteiger partial charge < -0.3 is 0 Å². The molecule has 1 aliphatic carbocycles. The van der Waals surface area contributed by atoms with Gasteiger partial charge in [-0.1, -0.05) is 6.92 Å². The lowest BCUT2D eigenvalue weighted by atomic mass is 10.1. The normalized spacial score (nSPS) is 33.6. The molecule has 2 fully saturated rings. The van der Waals surface area contributed by atoms with Crippen molar-refractivity contribution in [3.8, 4) is 0 Å². The van der Waals surface area contributed by atoms with Gasteiger partial charge in [-0.25, -0.2) is 21.6 Å². The molecule has 2 unspecified atom stereocenters. The molecule has 2 aliphatic rings. The van der Waals surface area contributed by atoms with Gasteiger partial charge in [0.15, 0.2) is 0 Å². The molecule has 106 valence electrons. The zero-order chi connectivity index (χ0) is 13.4. The molecule has 1 aliphatic heterocycles. The van der Waals surface area contributed by atoms with E-state index in [2.05, 4.69) is 11.6 Å². The zero-order valence-electron chi connectivity index (χ0n) is 10.6. The van der Waals surface area contributed by atoms with E-state index in [1.165, 1.54) is 0 Å². The highest BCUT2D eigenvalue weighted by molar-refractivity contribution is 7.92. The largest absolute Gasteiger partial charge is 0.229 e. The summed E-state index contributed by atoms with van der Waals surface area (Å²) in [6.07, 6.45) is 3.32. The Morgan fingerprint density at radius 3 is 2.17 bits per heavy atom. The third-order valence-corrected chi connectivity index (χ3v) is 7.69. The van der Waals surface area contributed by atoms with Gasteiger partial charge in [-0.3, -0.25) is 0 Å². The Morgan fingerprint density at radius 1 is 1.06 bits per heavy atom. The van der Waals surface area contributed by atoms with E-state index in [-0.39, 0.29) is 30.4 Å². The Labute approximate surface area is 109 Å². The molecular weight excluding hydrogens is 274 g/mol. The molecule has 0 bridgehead atoms. The van der Waals surface area contributed by atoms with Gasteiger partial charge in [-0.2, -0.15) is 0 Å². The molecule has 1 saturated heterocycles. The van der Waals surface area contributed by atoms with Crippen LogP contribution in [0.2, 0.25) is 0 Å². The molecule has 5 nitrogen and oxygen atoms in total. The minimum absolute atomic E-state index is 0.000351. The van der Waals surface area contributed by atoms with Gasteiger partial charge in [-0.05, 0) is 38.0 Å². The van der Waals surface area contributed by atoms with E-state index < -0.39 is 25.1 Å². The third-order valence-electron chi connectivity index (χ3n) is 3.97. The summed E-state index contributed by atoms with van der Waals surface area (Å²) in [5.74, 6) is 0.573. The Bertz CT molecular complexity index is 483.